The molecule has 2 rings (SSSR count). The second-order valence-electron chi connectivity index (χ2n) is 3.40. The molecule has 2 aliphatic heterocycles. The van der Waals surface area contributed by atoms with Crippen LogP contribution in [0.25, 0.3) is 0 Å². The van der Waals surface area contributed by atoms with Crippen molar-refractivity contribution in [1.29, 1.82) is 0 Å². The number of hydrogen-bond donors (Lipinski definition) is 0. The van der Waals surface area contributed by atoms with Crippen molar-refractivity contribution in [3.63, 3.8) is 0 Å². The van der Waals surface area contributed by atoms with E-state index >= 15 is 0 Å². The third-order valence-electron chi connectivity index (χ3n) is 2.55. The van der Waals surface area contributed by atoms with Gasteiger partial charge in [0, 0.05) is 19.5 Å². The molecule has 1 unspecified atom stereocenters. The van der Waals surface area contributed by atoms with E-state index in [0.717, 1.165) is 25.5 Å². The molecular weight excluding hydrogens is 168 g/mol. The molecule has 0 aliphatic carbocycles. The zero-order valence-electron chi connectivity index (χ0n) is 7.82. The Balaban J connectivity index is 2.00. The third kappa shape index (κ3) is 1.53. The Kier molecular flexibility index (Phi) is 2.20. The molecule has 0 saturated carbocycles. The van der Waals surface area contributed by atoms with Gasteiger partial charge in [0.2, 0.25) is 5.91 Å². The molecule has 0 spiro atoms. The summed E-state index contributed by atoms with van der Waals surface area (Å²) in [5.74, 6) is 1.24. The molecule has 1 amide bonds. The Morgan fingerprint density at radius 2 is 2.54 bits per heavy atom. The third-order valence-corrected chi connectivity index (χ3v) is 2.55. The van der Waals surface area contributed by atoms with Crippen LogP contribution in [-0.2, 0) is 9.53 Å². The molecule has 0 aromatic carbocycles. The van der Waals surface area contributed by atoms with Crippen LogP contribution in [0.1, 0.15) is 13.3 Å². The molecule has 4 heteroatoms. The Labute approximate surface area is 77.6 Å². The average Bonchev–Trinajstić information content (AvgIpc) is 2.71. The fraction of sp³-hybridized carbons (Fsp3) is 0.778. The smallest absolute Gasteiger partial charge is 0.223 e. The first kappa shape index (κ1) is 8.53. The number of ether oxygens (including phenoxy) is 1. The monoisotopic (exact) mass is 182 g/mol. The highest BCUT2D eigenvalue weighted by molar-refractivity contribution is 5.89. The molecule has 4 nitrogen and oxygen atoms in total. The molecule has 2 heterocycles. The number of nitrogens with zero attached hydrogens (tertiary/aromatic N) is 2. The fourth-order valence-corrected chi connectivity index (χ4v) is 1.84. The molecule has 1 fully saturated rings. The molecule has 72 valence electrons. The lowest BCUT2D eigenvalue weighted by atomic mass is 10.1. The minimum Gasteiger partial charge on any atom is -0.479 e. The standard InChI is InChI=1S/C9H14N2O2/c1-2-11-6-7(5-8(11)12)9-10-3-4-13-9/h7H,2-6H2,1H3. The molecular formula is C9H14N2O2. The Morgan fingerprint density at radius 3 is 3.08 bits per heavy atom. The maximum atomic E-state index is 11.4. The first-order valence-corrected chi connectivity index (χ1v) is 4.76. The van der Waals surface area contributed by atoms with Crippen LogP contribution in [0.15, 0.2) is 4.99 Å². The number of amides is 1. The lowest BCUT2D eigenvalue weighted by Crippen LogP contribution is -2.25. The SMILES string of the molecule is CCN1CC(C2=NCCO2)CC1=O. The van der Waals surface area contributed by atoms with Crippen LogP contribution in [0.3, 0.4) is 0 Å². The van der Waals surface area contributed by atoms with Gasteiger partial charge in [0.1, 0.15) is 6.61 Å². The number of rotatable bonds is 2. The summed E-state index contributed by atoms with van der Waals surface area (Å²) >= 11 is 0. The average molecular weight is 182 g/mol. The van der Waals surface area contributed by atoms with E-state index in [9.17, 15) is 4.79 Å². The predicted molar refractivity (Wildman–Crippen MR) is 48.6 cm³/mol. The molecule has 1 saturated heterocycles. The normalized spacial score (nSPS) is 27.8. The van der Waals surface area contributed by atoms with E-state index in [0.29, 0.717) is 13.0 Å². The van der Waals surface area contributed by atoms with Crippen LogP contribution < -0.4 is 0 Å². The van der Waals surface area contributed by atoms with E-state index in [1.165, 1.54) is 0 Å². The molecule has 0 aromatic rings. The van der Waals surface area contributed by atoms with E-state index in [2.05, 4.69) is 4.99 Å². The van der Waals surface area contributed by atoms with Crippen LogP contribution in [0.2, 0.25) is 0 Å². The van der Waals surface area contributed by atoms with Crippen molar-refractivity contribution >= 4 is 11.8 Å². The van der Waals surface area contributed by atoms with Crippen molar-refractivity contribution in [3.8, 4) is 0 Å². The Hall–Kier alpha value is -1.06. The Bertz CT molecular complexity index is 250. The van der Waals surface area contributed by atoms with E-state index in [4.69, 9.17) is 4.74 Å². The van der Waals surface area contributed by atoms with Gasteiger partial charge in [0.15, 0.2) is 5.90 Å². The predicted octanol–water partition coefficient (Wildman–Crippen LogP) is 0.283. The molecule has 13 heavy (non-hydrogen) atoms. The molecule has 0 N–H and O–H groups in total. The lowest BCUT2D eigenvalue weighted by Gasteiger charge is -2.13. The van der Waals surface area contributed by atoms with Crippen molar-refractivity contribution in [2.75, 3.05) is 26.2 Å². The van der Waals surface area contributed by atoms with Crippen molar-refractivity contribution in [1.82, 2.24) is 4.90 Å². The lowest BCUT2D eigenvalue weighted by molar-refractivity contribution is -0.127. The number of aliphatic imine (C=N–C) groups is 1. The van der Waals surface area contributed by atoms with E-state index in [1.807, 2.05) is 11.8 Å². The molecule has 1 atom stereocenters. The van der Waals surface area contributed by atoms with Gasteiger partial charge in [-0.05, 0) is 6.92 Å². The molecule has 0 radical (unpaired) electrons. The van der Waals surface area contributed by atoms with Gasteiger partial charge in [0.05, 0.1) is 12.5 Å². The largest absolute Gasteiger partial charge is 0.479 e. The van der Waals surface area contributed by atoms with Crippen LogP contribution in [-0.4, -0.2) is 42.9 Å². The minimum atomic E-state index is 0.218. The zero-order valence-corrected chi connectivity index (χ0v) is 7.82. The van der Waals surface area contributed by atoms with Crippen molar-refractivity contribution < 1.29 is 9.53 Å². The summed E-state index contributed by atoms with van der Waals surface area (Å²) in [6.07, 6.45) is 0.576. The van der Waals surface area contributed by atoms with Crippen molar-refractivity contribution in [2.45, 2.75) is 13.3 Å². The number of likely N-dealkylation sites (tertiary alicyclic amines) is 1. The molecule has 0 bridgehead atoms. The van der Waals surface area contributed by atoms with Gasteiger partial charge >= 0.3 is 0 Å². The summed E-state index contributed by atoms with van der Waals surface area (Å²) < 4.78 is 5.35. The fourth-order valence-electron chi connectivity index (χ4n) is 1.84. The highest BCUT2D eigenvalue weighted by atomic mass is 16.5. The topological polar surface area (TPSA) is 41.9 Å². The van der Waals surface area contributed by atoms with Crippen LogP contribution in [0.5, 0.6) is 0 Å². The second kappa shape index (κ2) is 3.36. The Morgan fingerprint density at radius 1 is 1.69 bits per heavy atom. The van der Waals surface area contributed by atoms with E-state index in [-0.39, 0.29) is 11.8 Å². The van der Waals surface area contributed by atoms with Gasteiger partial charge in [0.25, 0.3) is 0 Å². The van der Waals surface area contributed by atoms with Gasteiger partial charge in [-0.25, -0.2) is 0 Å². The first-order valence-electron chi connectivity index (χ1n) is 4.76. The van der Waals surface area contributed by atoms with Crippen LogP contribution in [0.4, 0.5) is 0 Å². The minimum absolute atomic E-state index is 0.218. The molecule has 2 aliphatic rings. The van der Waals surface area contributed by atoms with Crippen LogP contribution in [0, 0.1) is 5.92 Å². The summed E-state index contributed by atoms with van der Waals surface area (Å²) in [4.78, 5) is 17.5. The van der Waals surface area contributed by atoms with E-state index < -0.39 is 0 Å². The zero-order chi connectivity index (χ0) is 9.26. The van der Waals surface area contributed by atoms with Crippen molar-refractivity contribution in [2.24, 2.45) is 10.9 Å². The highest BCUT2D eigenvalue weighted by Crippen LogP contribution is 2.20. The summed E-state index contributed by atoms with van der Waals surface area (Å²) in [6.45, 7) is 5.02. The first-order chi connectivity index (χ1) is 6.31. The summed E-state index contributed by atoms with van der Waals surface area (Å²) in [5.41, 5.74) is 0. The maximum absolute atomic E-state index is 11.4. The van der Waals surface area contributed by atoms with Gasteiger partial charge in [-0.1, -0.05) is 0 Å². The van der Waals surface area contributed by atoms with Gasteiger partial charge in [-0.15, -0.1) is 0 Å². The summed E-state index contributed by atoms with van der Waals surface area (Å²) in [7, 11) is 0. The summed E-state index contributed by atoms with van der Waals surface area (Å²) in [6, 6.07) is 0. The van der Waals surface area contributed by atoms with Gasteiger partial charge in [-0.2, -0.15) is 0 Å². The highest BCUT2D eigenvalue weighted by Gasteiger charge is 2.33. The molecule has 0 aromatic heterocycles. The van der Waals surface area contributed by atoms with Gasteiger partial charge in [-0.3, -0.25) is 9.79 Å². The van der Waals surface area contributed by atoms with E-state index in [1.54, 1.807) is 0 Å². The quantitative estimate of drug-likeness (QED) is 0.615. The number of hydrogen-bond acceptors (Lipinski definition) is 3. The van der Waals surface area contributed by atoms with Crippen molar-refractivity contribution in [3.05, 3.63) is 0 Å². The number of carbonyl (C=O) groups excluding carboxylic acids is 1. The number of carbonyl (C=O) groups is 1. The summed E-state index contributed by atoms with van der Waals surface area (Å²) in [5, 5.41) is 0. The second-order valence-corrected chi connectivity index (χ2v) is 3.40. The van der Waals surface area contributed by atoms with Crippen LogP contribution >= 0.6 is 0 Å². The maximum Gasteiger partial charge on any atom is 0.223 e. The van der Waals surface area contributed by atoms with Gasteiger partial charge < -0.3 is 9.64 Å².